The second-order valence-electron chi connectivity index (χ2n) is 6.43. The van der Waals surface area contributed by atoms with Crippen LogP contribution in [-0.4, -0.2) is 38.3 Å². The third kappa shape index (κ3) is 7.67. The van der Waals surface area contributed by atoms with Gasteiger partial charge in [-0.15, -0.1) is 0 Å². The third-order valence-corrected chi connectivity index (χ3v) is 4.28. The van der Waals surface area contributed by atoms with Gasteiger partial charge in [-0.1, -0.05) is 25.8 Å². The van der Waals surface area contributed by atoms with Crippen molar-refractivity contribution in [2.24, 2.45) is 5.92 Å². The van der Waals surface area contributed by atoms with Crippen molar-refractivity contribution in [3.63, 3.8) is 0 Å². The molecule has 2 atom stereocenters. The van der Waals surface area contributed by atoms with E-state index in [1.54, 1.807) is 12.1 Å². The number of rotatable bonds is 12. The molecule has 0 aromatic heterocycles. The predicted molar refractivity (Wildman–Crippen MR) is 93.2 cm³/mol. The van der Waals surface area contributed by atoms with Crippen LogP contribution in [0.2, 0.25) is 0 Å². The number of aliphatic hydroxyl groups excluding tert-OH is 2. The number of hydrogen-bond donors (Lipinski definition) is 4. The number of benzene rings is 1. The second kappa shape index (κ2) is 10.8. The van der Waals surface area contributed by atoms with Crippen LogP contribution in [0.25, 0.3) is 0 Å². The number of aryl methyl sites for hydroxylation is 1. The highest BCUT2D eigenvalue weighted by atomic mass is 16.4. The highest BCUT2D eigenvalue weighted by Gasteiger charge is 2.22. The molecule has 0 heterocycles. The minimum atomic E-state index is -0.946. The normalized spacial score (nSPS) is 13.4. The molecular formula is C19H28O6. The lowest BCUT2D eigenvalue weighted by Gasteiger charge is -2.16. The van der Waals surface area contributed by atoms with Gasteiger partial charge in [-0.25, -0.2) is 0 Å². The van der Waals surface area contributed by atoms with E-state index in [4.69, 9.17) is 10.2 Å². The molecule has 1 aromatic rings. The number of aromatic hydroxyl groups is 1. The summed E-state index contributed by atoms with van der Waals surface area (Å²) in [4.78, 5) is 23.2. The Morgan fingerprint density at radius 2 is 1.96 bits per heavy atom. The van der Waals surface area contributed by atoms with E-state index in [9.17, 15) is 19.8 Å². The Kier molecular flexibility index (Phi) is 9.16. The van der Waals surface area contributed by atoms with E-state index in [-0.39, 0.29) is 37.4 Å². The number of Topliss-reactive ketones (excluding diaryl/α,β-unsaturated/α-hetero) is 1. The average molecular weight is 352 g/mol. The van der Waals surface area contributed by atoms with Crippen molar-refractivity contribution in [3.8, 4) is 5.75 Å². The largest absolute Gasteiger partial charge is 0.508 e. The molecule has 0 radical (unpaired) electrons. The second-order valence-corrected chi connectivity index (χ2v) is 6.43. The zero-order chi connectivity index (χ0) is 18.8. The molecule has 4 N–H and O–H groups in total. The Morgan fingerprint density at radius 3 is 2.56 bits per heavy atom. The summed E-state index contributed by atoms with van der Waals surface area (Å²) in [6.07, 6.45) is 1.94. The van der Waals surface area contributed by atoms with Crippen LogP contribution in [0.1, 0.15) is 56.6 Å². The van der Waals surface area contributed by atoms with E-state index in [0.29, 0.717) is 18.4 Å². The molecule has 0 fully saturated rings. The Balaban J connectivity index is 2.46. The topological polar surface area (TPSA) is 115 Å². The van der Waals surface area contributed by atoms with Crippen LogP contribution in [0.4, 0.5) is 0 Å². The molecule has 1 rings (SSSR count). The number of carbonyl (C=O) groups excluding carboxylic acids is 1. The average Bonchev–Trinajstić information content (AvgIpc) is 2.57. The zero-order valence-electron chi connectivity index (χ0n) is 14.6. The van der Waals surface area contributed by atoms with Gasteiger partial charge in [0.1, 0.15) is 11.5 Å². The maximum absolute atomic E-state index is 12.0. The van der Waals surface area contributed by atoms with Crippen molar-refractivity contribution >= 4 is 11.8 Å². The number of carboxylic acids is 1. The first-order chi connectivity index (χ1) is 11.9. The maximum atomic E-state index is 12.0. The maximum Gasteiger partial charge on any atom is 0.306 e. The Hall–Kier alpha value is -1.92. The van der Waals surface area contributed by atoms with Crippen molar-refractivity contribution in [3.05, 3.63) is 29.3 Å². The van der Waals surface area contributed by atoms with Gasteiger partial charge in [0.15, 0.2) is 0 Å². The Morgan fingerprint density at radius 1 is 1.24 bits per heavy atom. The van der Waals surface area contributed by atoms with E-state index in [0.717, 1.165) is 18.4 Å². The fourth-order valence-electron chi connectivity index (χ4n) is 2.77. The molecule has 0 saturated heterocycles. The molecule has 0 aliphatic carbocycles. The fraction of sp³-hybridized carbons (Fsp3) is 0.579. The van der Waals surface area contributed by atoms with Gasteiger partial charge in [0.05, 0.1) is 18.6 Å². The quantitative estimate of drug-likeness (QED) is 0.459. The number of hydrogen-bond acceptors (Lipinski definition) is 5. The molecule has 0 spiro atoms. The Bertz CT molecular complexity index is 569. The molecule has 140 valence electrons. The van der Waals surface area contributed by atoms with Crippen molar-refractivity contribution in [2.75, 3.05) is 0 Å². The van der Waals surface area contributed by atoms with Gasteiger partial charge in [0, 0.05) is 18.4 Å². The summed E-state index contributed by atoms with van der Waals surface area (Å²) in [7, 11) is 0. The van der Waals surface area contributed by atoms with Gasteiger partial charge in [-0.3, -0.25) is 9.59 Å². The standard InChI is InChI=1S/C19H28O6/c1-2-3-4-14(19(24)25)10-17(22)11-16(21)7-5-13-6-8-18(23)15(9-13)12-20/h6,8-9,14,17,20,22-23H,2-5,7,10-12H2,1H3,(H,24,25). The van der Waals surface area contributed by atoms with Gasteiger partial charge >= 0.3 is 5.97 Å². The Labute approximate surface area is 148 Å². The first-order valence-corrected chi connectivity index (χ1v) is 8.71. The van der Waals surface area contributed by atoms with E-state index in [1.807, 2.05) is 6.92 Å². The van der Waals surface area contributed by atoms with Gasteiger partial charge in [0.25, 0.3) is 0 Å². The predicted octanol–water partition coefficient (Wildman–Crippen LogP) is 2.42. The summed E-state index contributed by atoms with van der Waals surface area (Å²) in [5, 5.41) is 37.8. The highest BCUT2D eigenvalue weighted by molar-refractivity contribution is 5.79. The van der Waals surface area contributed by atoms with E-state index in [2.05, 4.69) is 0 Å². The van der Waals surface area contributed by atoms with Gasteiger partial charge in [-0.2, -0.15) is 0 Å². The molecule has 6 heteroatoms. The molecular weight excluding hydrogens is 324 g/mol. The number of aliphatic carboxylic acids is 1. The van der Waals surface area contributed by atoms with Crippen LogP contribution < -0.4 is 0 Å². The third-order valence-electron chi connectivity index (χ3n) is 4.28. The zero-order valence-corrected chi connectivity index (χ0v) is 14.6. The van der Waals surface area contributed by atoms with E-state index >= 15 is 0 Å². The van der Waals surface area contributed by atoms with Crippen molar-refractivity contribution in [1.29, 1.82) is 0 Å². The SMILES string of the molecule is CCCCC(CC(O)CC(=O)CCc1ccc(O)c(CO)c1)C(=O)O. The smallest absolute Gasteiger partial charge is 0.306 e. The molecule has 6 nitrogen and oxygen atoms in total. The van der Waals surface area contributed by atoms with E-state index in [1.165, 1.54) is 6.07 Å². The number of ketones is 1. The van der Waals surface area contributed by atoms with Crippen LogP contribution in [0, 0.1) is 5.92 Å². The van der Waals surface area contributed by atoms with Crippen LogP contribution in [-0.2, 0) is 22.6 Å². The lowest BCUT2D eigenvalue weighted by Crippen LogP contribution is -2.23. The van der Waals surface area contributed by atoms with Crippen LogP contribution >= 0.6 is 0 Å². The number of aliphatic hydroxyl groups is 2. The summed E-state index contributed by atoms with van der Waals surface area (Å²) >= 11 is 0. The molecule has 2 unspecified atom stereocenters. The van der Waals surface area contributed by atoms with Crippen molar-refractivity contribution < 1.29 is 30.0 Å². The highest BCUT2D eigenvalue weighted by Crippen LogP contribution is 2.20. The molecule has 0 aliphatic heterocycles. The molecule has 0 bridgehead atoms. The molecule has 25 heavy (non-hydrogen) atoms. The lowest BCUT2D eigenvalue weighted by atomic mass is 9.93. The number of carboxylic acid groups (broad SMARTS) is 1. The molecule has 0 saturated carbocycles. The van der Waals surface area contributed by atoms with Crippen molar-refractivity contribution in [2.45, 2.75) is 64.6 Å². The summed E-state index contributed by atoms with van der Waals surface area (Å²) < 4.78 is 0. The summed E-state index contributed by atoms with van der Waals surface area (Å²) in [6.45, 7) is 1.70. The van der Waals surface area contributed by atoms with Crippen LogP contribution in [0.3, 0.4) is 0 Å². The summed E-state index contributed by atoms with van der Waals surface area (Å²) in [5.41, 5.74) is 1.22. The van der Waals surface area contributed by atoms with Gasteiger partial charge in [-0.05, 0) is 37.0 Å². The molecule has 0 amide bonds. The van der Waals surface area contributed by atoms with Gasteiger partial charge < -0.3 is 20.4 Å². The monoisotopic (exact) mass is 352 g/mol. The van der Waals surface area contributed by atoms with Gasteiger partial charge in [0.2, 0.25) is 0 Å². The van der Waals surface area contributed by atoms with E-state index < -0.39 is 18.0 Å². The molecule has 0 aliphatic rings. The summed E-state index contributed by atoms with van der Waals surface area (Å²) in [5.74, 6) is -1.67. The number of unbranched alkanes of at least 4 members (excludes halogenated alkanes) is 1. The minimum Gasteiger partial charge on any atom is -0.508 e. The summed E-state index contributed by atoms with van der Waals surface area (Å²) in [6, 6.07) is 4.80. The first kappa shape index (κ1) is 21.1. The lowest BCUT2D eigenvalue weighted by molar-refractivity contribution is -0.143. The number of phenols is 1. The van der Waals surface area contributed by atoms with Crippen LogP contribution in [0.15, 0.2) is 18.2 Å². The number of carbonyl (C=O) groups is 2. The molecule has 1 aromatic carbocycles. The van der Waals surface area contributed by atoms with Crippen LogP contribution in [0.5, 0.6) is 5.75 Å². The van der Waals surface area contributed by atoms with Crippen molar-refractivity contribution in [1.82, 2.24) is 0 Å². The first-order valence-electron chi connectivity index (χ1n) is 8.71. The minimum absolute atomic E-state index is 0.0137. The fourth-order valence-corrected chi connectivity index (χ4v) is 2.77.